The molecule has 8 heteroatoms. The molecule has 0 unspecified atom stereocenters. The predicted octanol–water partition coefficient (Wildman–Crippen LogP) is 5.61. The average molecular weight is 468 g/mol. The van der Waals surface area contributed by atoms with Crippen LogP contribution in [-0.4, -0.2) is 27.8 Å². The number of nitrogens with zero attached hydrogens (tertiary/aromatic N) is 2. The number of fused-ring (bicyclic) bond motifs is 1. The summed E-state index contributed by atoms with van der Waals surface area (Å²) in [7, 11) is 0. The molecule has 0 aliphatic heterocycles. The van der Waals surface area contributed by atoms with Crippen LogP contribution in [0.25, 0.3) is 10.9 Å². The third-order valence-corrected chi connectivity index (χ3v) is 5.53. The van der Waals surface area contributed by atoms with E-state index in [9.17, 15) is 9.59 Å². The van der Waals surface area contributed by atoms with E-state index in [4.69, 9.17) is 27.9 Å². The zero-order valence-electron chi connectivity index (χ0n) is 17.1. The summed E-state index contributed by atoms with van der Waals surface area (Å²) in [5, 5.41) is 3.92. The van der Waals surface area contributed by atoms with Crippen LogP contribution in [0.15, 0.2) is 67.0 Å². The van der Waals surface area contributed by atoms with Gasteiger partial charge in [-0.2, -0.15) is 0 Å². The van der Waals surface area contributed by atoms with Crippen LogP contribution >= 0.6 is 23.2 Å². The lowest BCUT2D eigenvalue weighted by Gasteiger charge is -2.08. The summed E-state index contributed by atoms with van der Waals surface area (Å²) in [5.74, 6) is -0.957. The Labute approximate surface area is 194 Å². The zero-order valence-corrected chi connectivity index (χ0v) is 18.7. The van der Waals surface area contributed by atoms with Crippen molar-refractivity contribution in [1.29, 1.82) is 0 Å². The molecule has 4 aromatic rings. The van der Waals surface area contributed by atoms with E-state index in [1.807, 2.05) is 31.2 Å². The van der Waals surface area contributed by atoms with Crippen molar-refractivity contribution in [3.05, 3.63) is 88.3 Å². The Morgan fingerprint density at radius 3 is 2.56 bits per heavy atom. The molecule has 0 spiro atoms. The number of aromatic nitrogens is 2. The van der Waals surface area contributed by atoms with E-state index in [1.54, 1.807) is 41.1 Å². The molecule has 0 saturated heterocycles. The number of hydrogen-bond donors (Lipinski definition) is 1. The molecular weight excluding hydrogens is 449 g/mol. The van der Waals surface area contributed by atoms with E-state index in [2.05, 4.69) is 10.3 Å². The van der Waals surface area contributed by atoms with E-state index in [0.29, 0.717) is 40.5 Å². The Morgan fingerprint density at radius 1 is 1.09 bits per heavy atom. The number of rotatable bonds is 7. The van der Waals surface area contributed by atoms with E-state index in [1.165, 1.54) is 6.20 Å². The summed E-state index contributed by atoms with van der Waals surface area (Å²) in [5.41, 5.74) is 2.20. The van der Waals surface area contributed by atoms with Gasteiger partial charge >= 0.3 is 0 Å². The molecule has 0 radical (unpaired) electrons. The van der Waals surface area contributed by atoms with Crippen LogP contribution < -0.4 is 10.1 Å². The fourth-order valence-electron chi connectivity index (χ4n) is 3.44. The largest absolute Gasteiger partial charge is 0.494 e. The van der Waals surface area contributed by atoms with Crippen LogP contribution in [0.5, 0.6) is 5.75 Å². The van der Waals surface area contributed by atoms with Gasteiger partial charge in [-0.05, 0) is 55.0 Å². The van der Waals surface area contributed by atoms with Crippen molar-refractivity contribution < 1.29 is 14.3 Å². The van der Waals surface area contributed by atoms with E-state index >= 15 is 0 Å². The highest BCUT2D eigenvalue weighted by molar-refractivity contribution is 6.51. The molecular formula is C24H19Cl2N3O3. The number of Topliss-reactive ketones (excluding diaryl/α,β-unsaturated/α-hetero) is 1. The average Bonchev–Trinajstić information content (AvgIpc) is 3.06. The molecule has 2 aromatic carbocycles. The molecule has 0 bridgehead atoms. The van der Waals surface area contributed by atoms with Crippen molar-refractivity contribution in [3.63, 3.8) is 0 Å². The zero-order chi connectivity index (χ0) is 22.7. The first kappa shape index (κ1) is 21.9. The molecule has 162 valence electrons. The molecule has 6 nitrogen and oxygen atoms in total. The van der Waals surface area contributed by atoms with Crippen LogP contribution in [0.2, 0.25) is 10.2 Å². The second-order valence-electron chi connectivity index (χ2n) is 7.02. The van der Waals surface area contributed by atoms with Crippen LogP contribution in [0.3, 0.4) is 0 Å². The highest BCUT2D eigenvalue weighted by atomic mass is 35.5. The molecule has 0 atom stereocenters. The number of amides is 1. The van der Waals surface area contributed by atoms with Crippen molar-refractivity contribution in [1.82, 2.24) is 9.55 Å². The smallest absolute Gasteiger partial charge is 0.296 e. The fourth-order valence-corrected chi connectivity index (χ4v) is 3.90. The maximum absolute atomic E-state index is 13.2. The molecule has 0 aliphatic carbocycles. The number of nitrogens with one attached hydrogen (secondary N) is 1. The lowest BCUT2D eigenvalue weighted by atomic mass is 10.1. The number of pyridine rings is 1. The fraction of sp³-hybridized carbons (Fsp3) is 0.125. The summed E-state index contributed by atoms with van der Waals surface area (Å²) >= 11 is 12.7. The van der Waals surface area contributed by atoms with Gasteiger partial charge in [0.2, 0.25) is 0 Å². The number of anilines is 1. The van der Waals surface area contributed by atoms with E-state index in [0.717, 1.165) is 5.56 Å². The van der Waals surface area contributed by atoms with Crippen molar-refractivity contribution in [3.8, 4) is 5.75 Å². The van der Waals surface area contributed by atoms with Gasteiger partial charge in [-0.1, -0.05) is 35.3 Å². The lowest BCUT2D eigenvalue weighted by molar-refractivity contribution is -0.112. The molecule has 32 heavy (non-hydrogen) atoms. The summed E-state index contributed by atoms with van der Waals surface area (Å²) < 4.78 is 7.39. The second kappa shape index (κ2) is 9.42. The van der Waals surface area contributed by atoms with Gasteiger partial charge < -0.3 is 14.6 Å². The first-order chi connectivity index (χ1) is 15.5. The number of benzene rings is 2. The first-order valence-corrected chi connectivity index (χ1v) is 10.7. The third-order valence-electron chi connectivity index (χ3n) is 4.89. The molecule has 1 amide bonds. The van der Waals surface area contributed by atoms with Crippen LogP contribution in [0.4, 0.5) is 5.69 Å². The first-order valence-electron chi connectivity index (χ1n) is 9.92. The Bertz CT molecular complexity index is 1290. The molecule has 0 aliphatic rings. The minimum atomic E-state index is -0.799. The Balaban J connectivity index is 1.78. The standard InChI is InChI=1S/C24H19Cl2N3O3/c1-2-32-18-9-10-20-19(12-18)21(22(30)24(31)28-17-4-3-11-27-13-17)23(26)29(20)14-15-5-7-16(25)8-6-15/h3-13H,2,14H2,1H3,(H,28,31). The van der Waals surface area contributed by atoms with E-state index in [-0.39, 0.29) is 10.7 Å². The Kier molecular flexibility index (Phi) is 6.44. The topological polar surface area (TPSA) is 73.2 Å². The lowest BCUT2D eigenvalue weighted by Crippen LogP contribution is -2.23. The van der Waals surface area contributed by atoms with Gasteiger partial charge in [-0.25, -0.2) is 0 Å². The van der Waals surface area contributed by atoms with Crippen LogP contribution in [0.1, 0.15) is 22.8 Å². The van der Waals surface area contributed by atoms with Crippen LogP contribution in [-0.2, 0) is 11.3 Å². The quantitative estimate of drug-likeness (QED) is 0.283. The van der Waals surface area contributed by atoms with E-state index < -0.39 is 11.7 Å². The Hall–Kier alpha value is -3.35. The maximum atomic E-state index is 13.2. The van der Waals surface area contributed by atoms with Gasteiger partial charge in [0.25, 0.3) is 11.7 Å². The molecule has 4 rings (SSSR count). The van der Waals surface area contributed by atoms with Crippen molar-refractivity contribution >= 4 is 51.5 Å². The summed E-state index contributed by atoms with van der Waals surface area (Å²) in [4.78, 5) is 29.8. The SMILES string of the molecule is CCOc1ccc2c(c1)c(C(=O)C(=O)Nc1cccnc1)c(Cl)n2Cc1ccc(Cl)cc1. The van der Waals surface area contributed by atoms with Gasteiger partial charge in [-0.3, -0.25) is 14.6 Å². The number of halogens is 2. The van der Waals surface area contributed by atoms with Gasteiger partial charge in [0.15, 0.2) is 0 Å². The summed E-state index contributed by atoms with van der Waals surface area (Å²) in [6.45, 7) is 2.74. The Morgan fingerprint density at radius 2 is 1.88 bits per heavy atom. The second-order valence-corrected chi connectivity index (χ2v) is 7.81. The highest BCUT2D eigenvalue weighted by Gasteiger charge is 2.27. The molecule has 2 aromatic heterocycles. The highest BCUT2D eigenvalue weighted by Crippen LogP contribution is 2.34. The normalized spacial score (nSPS) is 10.8. The van der Waals surface area contributed by atoms with Gasteiger partial charge in [0.1, 0.15) is 10.9 Å². The van der Waals surface area contributed by atoms with Crippen molar-refractivity contribution in [2.24, 2.45) is 0 Å². The maximum Gasteiger partial charge on any atom is 0.296 e. The third kappa shape index (κ3) is 4.47. The summed E-state index contributed by atoms with van der Waals surface area (Å²) in [6, 6.07) is 16.0. The number of hydrogen-bond acceptors (Lipinski definition) is 4. The number of ether oxygens (including phenoxy) is 1. The van der Waals surface area contributed by atoms with Crippen molar-refractivity contribution in [2.45, 2.75) is 13.5 Å². The number of ketones is 1. The number of carbonyl (C=O) groups is 2. The monoisotopic (exact) mass is 467 g/mol. The summed E-state index contributed by atoms with van der Waals surface area (Å²) in [6.07, 6.45) is 3.04. The van der Waals surface area contributed by atoms with Gasteiger partial charge in [0, 0.05) is 23.2 Å². The molecule has 0 fully saturated rings. The van der Waals surface area contributed by atoms with Crippen molar-refractivity contribution in [2.75, 3.05) is 11.9 Å². The molecule has 1 N–H and O–H groups in total. The molecule has 2 heterocycles. The van der Waals surface area contributed by atoms with Gasteiger partial charge in [-0.15, -0.1) is 0 Å². The van der Waals surface area contributed by atoms with Crippen LogP contribution in [0, 0.1) is 0 Å². The minimum Gasteiger partial charge on any atom is -0.494 e. The minimum absolute atomic E-state index is 0.124. The van der Waals surface area contributed by atoms with Gasteiger partial charge in [0.05, 0.1) is 29.6 Å². The predicted molar refractivity (Wildman–Crippen MR) is 126 cm³/mol. The molecule has 0 saturated carbocycles. The number of carbonyl (C=O) groups excluding carboxylic acids is 2.